The highest BCUT2D eigenvalue weighted by atomic mass is 16.5. The van der Waals surface area contributed by atoms with Crippen LogP contribution in [0, 0.1) is 5.92 Å². The molecule has 0 aromatic carbocycles. The van der Waals surface area contributed by atoms with E-state index in [1.54, 1.807) is 12.7 Å². The normalized spacial score (nSPS) is 19.6. The predicted octanol–water partition coefficient (Wildman–Crippen LogP) is 3.28. The van der Waals surface area contributed by atoms with Gasteiger partial charge in [-0.2, -0.15) is 0 Å². The topological polar surface area (TPSA) is 9.23 Å². The summed E-state index contributed by atoms with van der Waals surface area (Å²) in [5.41, 5.74) is 1.57. The Kier molecular flexibility index (Phi) is 3.39. The van der Waals surface area contributed by atoms with E-state index in [0.717, 1.165) is 18.1 Å². The Balaban J connectivity index is 2.59. The lowest BCUT2D eigenvalue weighted by Gasteiger charge is -2.18. The molecule has 0 amide bonds. The molecule has 0 spiro atoms. The highest BCUT2D eigenvalue weighted by Crippen LogP contribution is 2.25. The van der Waals surface area contributed by atoms with E-state index >= 15 is 0 Å². The van der Waals surface area contributed by atoms with Crippen LogP contribution in [0.2, 0.25) is 0 Å². The van der Waals surface area contributed by atoms with Crippen LogP contribution in [0.5, 0.6) is 0 Å². The van der Waals surface area contributed by atoms with Crippen molar-refractivity contribution in [2.75, 3.05) is 7.11 Å². The molecule has 1 nitrogen and oxygen atoms in total. The maximum Gasteiger partial charge on any atom is 0.0958 e. The van der Waals surface area contributed by atoms with Crippen LogP contribution in [0.1, 0.15) is 33.1 Å². The molecule has 0 bridgehead atoms. The minimum Gasteiger partial charge on any atom is -0.501 e. The zero-order chi connectivity index (χ0) is 8.97. The molecule has 0 saturated heterocycles. The smallest absolute Gasteiger partial charge is 0.0958 e. The average Bonchev–Trinajstić information content (AvgIpc) is 2.17. The highest BCUT2D eigenvalue weighted by Gasteiger charge is 2.10. The highest BCUT2D eigenvalue weighted by molar-refractivity contribution is 5.22. The molecule has 1 aliphatic rings. The molecule has 1 unspecified atom stereocenters. The quantitative estimate of drug-likeness (QED) is 0.625. The first-order valence-corrected chi connectivity index (χ1v) is 4.71. The van der Waals surface area contributed by atoms with Gasteiger partial charge in [0, 0.05) is 6.42 Å². The van der Waals surface area contributed by atoms with Gasteiger partial charge in [0.25, 0.3) is 0 Å². The standard InChI is InChI=1S/C11H18O/c1-4-9(2)10-5-7-11(12-3)8-6-10/h5,7,9H,4,6,8H2,1-3H3. The zero-order valence-corrected chi connectivity index (χ0v) is 8.26. The van der Waals surface area contributed by atoms with Crippen molar-refractivity contribution >= 4 is 0 Å². The minimum absolute atomic E-state index is 0.736. The zero-order valence-electron chi connectivity index (χ0n) is 8.26. The second kappa shape index (κ2) is 4.34. The van der Waals surface area contributed by atoms with Crippen molar-refractivity contribution in [1.29, 1.82) is 0 Å². The van der Waals surface area contributed by atoms with Gasteiger partial charge in [0.2, 0.25) is 0 Å². The lowest BCUT2D eigenvalue weighted by Crippen LogP contribution is -2.02. The molecule has 1 atom stereocenters. The number of ether oxygens (including phenoxy) is 1. The van der Waals surface area contributed by atoms with Gasteiger partial charge < -0.3 is 4.74 Å². The first kappa shape index (κ1) is 9.37. The Morgan fingerprint density at radius 2 is 2.17 bits per heavy atom. The molecule has 1 rings (SSSR count). The second-order valence-electron chi connectivity index (χ2n) is 3.39. The van der Waals surface area contributed by atoms with E-state index in [2.05, 4.69) is 26.0 Å². The van der Waals surface area contributed by atoms with Crippen molar-refractivity contribution in [2.24, 2.45) is 5.92 Å². The van der Waals surface area contributed by atoms with Crippen LogP contribution in [-0.2, 0) is 4.74 Å². The molecule has 0 heterocycles. The monoisotopic (exact) mass is 166 g/mol. The predicted molar refractivity (Wildman–Crippen MR) is 51.9 cm³/mol. The Morgan fingerprint density at radius 3 is 2.58 bits per heavy atom. The fourth-order valence-corrected chi connectivity index (χ4v) is 1.48. The number of rotatable bonds is 3. The molecule has 68 valence electrons. The summed E-state index contributed by atoms with van der Waals surface area (Å²) >= 11 is 0. The lowest BCUT2D eigenvalue weighted by molar-refractivity contribution is 0.274. The number of hydrogen-bond acceptors (Lipinski definition) is 1. The van der Waals surface area contributed by atoms with Crippen LogP contribution in [0.3, 0.4) is 0 Å². The summed E-state index contributed by atoms with van der Waals surface area (Å²) < 4.78 is 5.17. The van der Waals surface area contributed by atoms with Gasteiger partial charge in [-0.15, -0.1) is 0 Å². The molecule has 0 aromatic rings. The van der Waals surface area contributed by atoms with E-state index in [9.17, 15) is 0 Å². The lowest BCUT2D eigenvalue weighted by atomic mass is 9.91. The van der Waals surface area contributed by atoms with Crippen LogP contribution in [-0.4, -0.2) is 7.11 Å². The van der Waals surface area contributed by atoms with Gasteiger partial charge >= 0.3 is 0 Å². The summed E-state index contributed by atoms with van der Waals surface area (Å²) in [6, 6.07) is 0. The number of hydrogen-bond donors (Lipinski definition) is 0. The fourth-order valence-electron chi connectivity index (χ4n) is 1.48. The van der Waals surface area contributed by atoms with E-state index in [1.807, 2.05) is 0 Å². The van der Waals surface area contributed by atoms with E-state index in [0.29, 0.717) is 0 Å². The molecular weight excluding hydrogens is 148 g/mol. The van der Waals surface area contributed by atoms with Crippen LogP contribution >= 0.6 is 0 Å². The Bertz CT molecular complexity index is 201. The van der Waals surface area contributed by atoms with Gasteiger partial charge in [0.05, 0.1) is 12.9 Å². The van der Waals surface area contributed by atoms with Crippen LogP contribution in [0.25, 0.3) is 0 Å². The molecule has 1 heteroatoms. The first-order valence-electron chi connectivity index (χ1n) is 4.71. The SMILES string of the molecule is CCC(C)C1=CC=C(OC)CC1. The summed E-state index contributed by atoms with van der Waals surface area (Å²) in [5, 5.41) is 0. The maximum atomic E-state index is 5.17. The van der Waals surface area contributed by atoms with Gasteiger partial charge in [-0.25, -0.2) is 0 Å². The summed E-state index contributed by atoms with van der Waals surface area (Å²) in [7, 11) is 1.74. The summed E-state index contributed by atoms with van der Waals surface area (Å²) in [6.45, 7) is 4.53. The fraction of sp³-hybridized carbons (Fsp3) is 0.636. The van der Waals surface area contributed by atoms with Crippen molar-refractivity contribution in [3.63, 3.8) is 0 Å². The van der Waals surface area contributed by atoms with Crippen molar-refractivity contribution in [2.45, 2.75) is 33.1 Å². The molecule has 0 radical (unpaired) electrons. The maximum absolute atomic E-state index is 5.17. The van der Waals surface area contributed by atoms with Gasteiger partial charge in [-0.05, 0) is 24.8 Å². The van der Waals surface area contributed by atoms with Crippen molar-refractivity contribution in [3.05, 3.63) is 23.5 Å². The van der Waals surface area contributed by atoms with Gasteiger partial charge in [0.1, 0.15) is 0 Å². The van der Waals surface area contributed by atoms with Crippen molar-refractivity contribution < 1.29 is 4.74 Å². The van der Waals surface area contributed by atoms with Crippen LogP contribution < -0.4 is 0 Å². The third kappa shape index (κ3) is 2.13. The molecule has 0 aliphatic heterocycles. The van der Waals surface area contributed by atoms with Gasteiger partial charge in [-0.1, -0.05) is 25.5 Å². The van der Waals surface area contributed by atoms with Crippen LogP contribution in [0.15, 0.2) is 23.5 Å². The largest absolute Gasteiger partial charge is 0.501 e. The average molecular weight is 166 g/mol. The summed E-state index contributed by atoms with van der Waals surface area (Å²) in [6.07, 6.45) is 7.81. The van der Waals surface area contributed by atoms with Crippen molar-refractivity contribution in [3.8, 4) is 0 Å². The van der Waals surface area contributed by atoms with E-state index in [1.165, 1.54) is 12.8 Å². The first-order chi connectivity index (χ1) is 5.77. The van der Waals surface area contributed by atoms with E-state index in [4.69, 9.17) is 4.74 Å². The molecule has 1 aliphatic carbocycles. The van der Waals surface area contributed by atoms with Gasteiger partial charge in [-0.3, -0.25) is 0 Å². The van der Waals surface area contributed by atoms with E-state index in [-0.39, 0.29) is 0 Å². The van der Waals surface area contributed by atoms with Gasteiger partial charge in [0.15, 0.2) is 0 Å². The van der Waals surface area contributed by atoms with Crippen LogP contribution in [0.4, 0.5) is 0 Å². The molecule has 0 N–H and O–H groups in total. The third-order valence-electron chi connectivity index (χ3n) is 2.65. The number of methoxy groups -OCH3 is 1. The molecule has 0 fully saturated rings. The second-order valence-corrected chi connectivity index (χ2v) is 3.39. The third-order valence-corrected chi connectivity index (χ3v) is 2.65. The Morgan fingerprint density at radius 1 is 1.42 bits per heavy atom. The van der Waals surface area contributed by atoms with Crippen molar-refractivity contribution in [1.82, 2.24) is 0 Å². The minimum atomic E-state index is 0.736. The Hall–Kier alpha value is -0.720. The molecular formula is C11H18O. The number of allylic oxidation sites excluding steroid dienone is 4. The molecule has 12 heavy (non-hydrogen) atoms. The Labute approximate surface area is 75.1 Å². The summed E-state index contributed by atoms with van der Waals surface area (Å²) in [4.78, 5) is 0. The molecule has 0 saturated carbocycles. The van der Waals surface area contributed by atoms with E-state index < -0.39 is 0 Å². The summed E-state index contributed by atoms with van der Waals surface area (Å²) in [5.74, 6) is 1.85. The molecule has 0 aromatic heterocycles.